The Bertz CT molecular complexity index is 365. The zero-order valence-corrected chi connectivity index (χ0v) is 14.0. The van der Waals surface area contributed by atoms with Crippen LogP contribution in [-0.2, 0) is 11.3 Å². The number of aliphatic hydroxyl groups excluding tert-OH is 1. The summed E-state index contributed by atoms with van der Waals surface area (Å²) in [4.78, 5) is 2.31. The standard InChI is InChI=1S/C18H31NO2/c1-15(2)10-19(11-17-8-6-5-7-9-17)12-18(20)14-21-13-16(3)4/h5-9,15-16,18,20H,10-14H2,1-4H3. The van der Waals surface area contributed by atoms with E-state index < -0.39 is 6.10 Å². The number of hydrogen-bond donors (Lipinski definition) is 1. The SMILES string of the molecule is CC(C)COCC(O)CN(Cc1ccccc1)CC(C)C. The van der Waals surface area contributed by atoms with Gasteiger partial charge in [0.05, 0.1) is 12.7 Å². The maximum atomic E-state index is 10.2. The molecule has 0 aromatic heterocycles. The van der Waals surface area contributed by atoms with Crippen LogP contribution < -0.4 is 0 Å². The van der Waals surface area contributed by atoms with E-state index in [1.54, 1.807) is 0 Å². The van der Waals surface area contributed by atoms with Crippen LogP contribution in [0.4, 0.5) is 0 Å². The Morgan fingerprint density at radius 3 is 2.19 bits per heavy atom. The molecule has 0 spiro atoms. The number of aliphatic hydroxyl groups is 1. The first-order valence-corrected chi connectivity index (χ1v) is 7.99. The third-order valence-corrected chi connectivity index (χ3v) is 3.10. The first-order valence-electron chi connectivity index (χ1n) is 7.99. The number of nitrogens with zero attached hydrogens (tertiary/aromatic N) is 1. The molecule has 1 atom stereocenters. The molecule has 0 amide bonds. The van der Waals surface area contributed by atoms with Gasteiger partial charge in [0.25, 0.3) is 0 Å². The molecule has 0 aliphatic carbocycles. The van der Waals surface area contributed by atoms with E-state index in [0.717, 1.165) is 13.1 Å². The lowest BCUT2D eigenvalue weighted by atomic mass is 10.1. The van der Waals surface area contributed by atoms with Crippen molar-refractivity contribution in [2.24, 2.45) is 11.8 Å². The normalized spacial score (nSPS) is 13.3. The highest BCUT2D eigenvalue weighted by atomic mass is 16.5. The molecule has 21 heavy (non-hydrogen) atoms. The summed E-state index contributed by atoms with van der Waals surface area (Å²) in [5.41, 5.74) is 1.29. The molecule has 120 valence electrons. The van der Waals surface area contributed by atoms with Crippen LogP contribution in [0.2, 0.25) is 0 Å². The molecule has 3 nitrogen and oxygen atoms in total. The molecule has 0 aliphatic rings. The quantitative estimate of drug-likeness (QED) is 0.719. The van der Waals surface area contributed by atoms with E-state index in [-0.39, 0.29) is 0 Å². The van der Waals surface area contributed by atoms with E-state index >= 15 is 0 Å². The van der Waals surface area contributed by atoms with Crippen molar-refractivity contribution in [1.82, 2.24) is 4.90 Å². The third kappa shape index (κ3) is 8.86. The summed E-state index contributed by atoms with van der Waals surface area (Å²) < 4.78 is 5.54. The van der Waals surface area contributed by atoms with Crippen molar-refractivity contribution >= 4 is 0 Å². The predicted octanol–water partition coefficient (Wildman–Crippen LogP) is 3.18. The highest BCUT2D eigenvalue weighted by molar-refractivity contribution is 5.14. The average molecular weight is 293 g/mol. The van der Waals surface area contributed by atoms with Gasteiger partial charge in [0, 0.05) is 26.2 Å². The molecule has 1 rings (SSSR count). The smallest absolute Gasteiger partial charge is 0.0900 e. The lowest BCUT2D eigenvalue weighted by Crippen LogP contribution is -2.37. The second-order valence-corrected chi connectivity index (χ2v) is 6.66. The molecule has 1 N–H and O–H groups in total. The van der Waals surface area contributed by atoms with Gasteiger partial charge in [0.2, 0.25) is 0 Å². The van der Waals surface area contributed by atoms with Gasteiger partial charge in [-0.3, -0.25) is 4.90 Å². The Morgan fingerprint density at radius 2 is 1.62 bits per heavy atom. The molecule has 1 unspecified atom stereocenters. The Labute approximate surface area is 129 Å². The van der Waals surface area contributed by atoms with Crippen molar-refractivity contribution in [3.05, 3.63) is 35.9 Å². The number of ether oxygens (including phenoxy) is 1. The van der Waals surface area contributed by atoms with Gasteiger partial charge >= 0.3 is 0 Å². The fraction of sp³-hybridized carbons (Fsp3) is 0.667. The van der Waals surface area contributed by atoms with E-state index in [2.05, 4.69) is 56.9 Å². The Hall–Kier alpha value is -0.900. The molecule has 0 fully saturated rings. The van der Waals surface area contributed by atoms with Crippen LogP contribution in [0.3, 0.4) is 0 Å². The third-order valence-electron chi connectivity index (χ3n) is 3.10. The Morgan fingerprint density at radius 1 is 0.952 bits per heavy atom. The van der Waals surface area contributed by atoms with Gasteiger partial charge < -0.3 is 9.84 Å². The van der Waals surface area contributed by atoms with Crippen LogP contribution in [0.15, 0.2) is 30.3 Å². The molecule has 3 heteroatoms. The highest BCUT2D eigenvalue weighted by Gasteiger charge is 2.14. The molecule has 1 aromatic carbocycles. The van der Waals surface area contributed by atoms with E-state index in [1.165, 1.54) is 5.56 Å². The summed E-state index contributed by atoms with van der Waals surface area (Å²) in [7, 11) is 0. The first-order chi connectivity index (χ1) is 9.97. The summed E-state index contributed by atoms with van der Waals surface area (Å²) >= 11 is 0. The van der Waals surface area contributed by atoms with Crippen molar-refractivity contribution in [1.29, 1.82) is 0 Å². The zero-order chi connectivity index (χ0) is 15.7. The topological polar surface area (TPSA) is 32.7 Å². The van der Waals surface area contributed by atoms with Crippen LogP contribution in [0.1, 0.15) is 33.3 Å². The monoisotopic (exact) mass is 293 g/mol. The van der Waals surface area contributed by atoms with Crippen molar-refractivity contribution in [2.45, 2.75) is 40.3 Å². The van der Waals surface area contributed by atoms with Crippen LogP contribution in [0, 0.1) is 11.8 Å². The van der Waals surface area contributed by atoms with E-state index in [9.17, 15) is 5.11 Å². The minimum Gasteiger partial charge on any atom is -0.389 e. The van der Waals surface area contributed by atoms with Crippen molar-refractivity contribution < 1.29 is 9.84 Å². The van der Waals surface area contributed by atoms with Gasteiger partial charge in [-0.15, -0.1) is 0 Å². The summed E-state index contributed by atoms with van der Waals surface area (Å²) in [6.07, 6.45) is -0.425. The molecule has 0 heterocycles. The lowest BCUT2D eigenvalue weighted by molar-refractivity contribution is 0.00523. The van der Waals surface area contributed by atoms with Crippen molar-refractivity contribution in [2.75, 3.05) is 26.3 Å². The van der Waals surface area contributed by atoms with Gasteiger partial charge in [-0.1, -0.05) is 58.0 Å². The molecular formula is C18H31NO2. The summed E-state index contributed by atoms with van der Waals surface area (Å²) in [5, 5.41) is 10.2. The Balaban J connectivity index is 2.45. The maximum Gasteiger partial charge on any atom is 0.0900 e. The van der Waals surface area contributed by atoms with Crippen LogP contribution >= 0.6 is 0 Å². The second kappa shape index (κ2) is 9.93. The average Bonchev–Trinajstić information content (AvgIpc) is 2.38. The number of hydrogen-bond acceptors (Lipinski definition) is 3. The van der Waals surface area contributed by atoms with E-state index in [0.29, 0.717) is 31.6 Å². The minimum absolute atomic E-state index is 0.418. The molecule has 0 aliphatic heterocycles. The van der Waals surface area contributed by atoms with Crippen molar-refractivity contribution in [3.63, 3.8) is 0 Å². The van der Waals surface area contributed by atoms with Gasteiger partial charge in [-0.2, -0.15) is 0 Å². The van der Waals surface area contributed by atoms with Gasteiger partial charge in [-0.05, 0) is 17.4 Å². The van der Waals surface area contributed by atoms with Crippen LogP contribution in [0.5, 0.6) is 0 Å². The van der Waals surface area contributed by atoms with Crippen molar-refractivity contribution in [3.8, 4) is 0 Å². The molecule has 0 bridgehead atoms. The number of benzene rings is 1. The lowest BCUT2D eigenvalue weighted by Gasteiger charge is -2.27. The van der Waals surface area contributed by atoms with Crippen LogP contribution in [0.25, 0.3) is 0 Å². The summed E-state index contributed by atoms with van der Waals surface area (Å²) in [5.74, 6) is 1.09. The molecule has 0 saturated carbocycles. The van der Waals surface area contributed by atoms with Gasteiger partial charge in [0.15, 0.2) is 0 Å². The maximum absolute atomic E-state index is 10.2. The largest absolute Gasteiger partial charge is 0.389 e. The molecule has 0 saturated heterocycles. The zero-order valence-electron chi connectivity index (χ0n) is 14.0. The van der Waals surface area contributed by atoms with Crippen LogP contribution in [-0.4, -0.2) is 42.4 Å². The molecule has 0 radical (unpaired) electrons. The summed E-state index contributed by atoms with van der Waals surface area (Å²) in [6, 6.07) is 10.4. The fourth-order valence-electron chi connectivity index (χ4n) is 2.35. The first kappa shape index (κ1) is 18.1. The molecule has 1 aromatic rings. The minimum atomic E-state index is -0.425. The van der Waals surface area contributed by atoms with E-state index in [1.807, 2.05) is 6.07 Å². The van der Waals surface area contributed by atoms with Gasteiger partial charge in [0.1, 0.15) is 0 Å². The van der Waals surface area contributed by atoms with Gasteiger partial charge in [-0.25, -0.2) is 0 Å². The fourth-order valence-corrected chi connectivity index (χ4v) is 2.35. The Kier molecular flexibility index (Phi) is 8.58. The molecular weight excluding hydrogens is 262 g/mol. The van der Waals surface area contributed by atoms with E-state index in [4.69, 9.17) is 4.74 Å². The predicted molar refractivity (Wildman–Crippen MR) is 88.2 cm³/mol. The number of rotatable bonds is 10. The summed E-state index contributed by atoms with van der Waals surface area (Å²) in [6.45, 7) is 12.3. The second-order valence-electron chi connectivity index (χ2n) is 6.66. The highest BCUT2D eigenvalue weighted by Crippen LogP contribution is 2.08.